The molecule has 0 aliphatic rings. The van der Waals surface area contributed by atoms with E-state index < -0.39 is 35.8 Å². The van der Waals surface area contributed by atoms with E-state index in [9.17, 15) is 20.1 Å². The van der Waals surface area contributed by atoms with Gasteiger partial charge in [-0.2, -0.15) is 0 Å². The highest BCUT2D eigenvalue weighted by Crippen LogP contribution is 2.24. The first-order chi connectivity index (χ1) is 11.2. The van der Waals surface area contributed by atoms with Crippen LogP contribution in [0.15, 0.2) is 17.8 Å². The van der Waals surface area contributed by atoms with Gasteiger partial charge in [0.2, 0.25) is 0 Å². The third-order valence-electron chi connectivity index (χ3n) is 3.72. The van der Waals surface area contributed by atoms with Crippen LogP contribution in [0.25, 0.3) is 10.4 Å². The van der Waals surface area contributed by atoms with Crippen LogP contribution in [-0.4, -0.2) is 65.5 Å². The summed E-state index contributed by atoms with van der Waals surface area (Å²) in [4.78, 5) is 14.4. The minimum atomic E-state index is -1.35. The second-order valence-electron chi connectivity index (χ2n) is 5.86. The molecular formula is C15H27N3O6. The van der Waals surface area contributed by atoms with E-state index in [-0.39, 0.29) is 26.0 Å². The normalized spacial score (nSPS) is 18.4. The van der Waals surface area contributed by atoms with E-state index in [1.807, 2.05) is 0 Å². The van der Waals surface area contributed by atoms with E-state index in [1.54, 1.807) is 6.92 Å². The molecule has 3 N–H and O–H groups in total. The van der Waals surface area contributed by atoms with E-state index in [1.165, 1.54) is 20.1 Å². The minimum absolute atomic E-state index is 0.0446. The Labute approximate surface area is 141 Å². The van der Waals surface area contributed by atoms with Gasteiger partial charge in [-0.1, -0.05) is 18.1 Å². The van der Waals surface area contributed by atoms with Crippen molar-refractivity contribution >= 4 is 5.97 Å². The largest absolute Gasteiger partial charge is 0.467 e. The predicted molar refractivity (Wildman–Crippen MR) is 87.0 cm³/mol. The summed E-state index contributed by atoms with van der Waals surface area (Å²) >= 11 is 0. The summed E-state index contributed by atoms with van der Waals surface area (Å²) in [7, 11) is 1.22. The molecule has 0 aromatic carbocycles. The zero-order valence-electron chi connectivity index (χ0n) is 14.3. The second-order valence-corrected chi connectivity index (χ2v) is 5.86. The van der Waals surface area contributed by atoms with Gasteiger partial charge in [-0.25, -0.2) is 4.79 Å². The fraction of sp³-hybridized carbons (Fsp3) is 0.800. The van der Waals surface area contributed by atoms with Crippen molar-refractivity contribution in [1.82, 2.24) is 0 Å². The monoisotopic (exact) mass is 345 g/mol. The molecule has 0 rings (SSSR count). The number of hydrogen-bond donors (Lipinski definition) is 3. The molecule has 0 radical (unpaired) electrons. The zero-order valence-corrected chi connectivity index (χ0v) is 14.3. The number of ether oxygens (including phenoxy) is 2. The standard InChI is InChI=1S/C15H27N3O6/c1-5-6-24-15(3,14(22)23-4)8-11(19)7-10(2)13(21)12(20)9-17-18-16/h5,10-13,19-21H,1,6-9H2,2-4H3/t10?,11?,12?,13-,15?/m0/s1. The number of rotatable bonds is 12. The minimum Gasteiger partial charge on any atom is -0.467 e. The lowest BCUT2D eigenvalue weighted by Gasteiger charge is -2.31. The number of methoxy groups -OCH3 is 1. The Bertz CT molecular complexity index is 454. The Morgan fingerprint density at radius 3 is 2.58 bits per heavy atom. The lowest BCUT2D eigenvalue weighted by Crippen LogP contribution is -2.44. The van der Waals surface area contributed by atoms with Gasteiger partial charge in [0.1, 0.15) is 0 Å². The molecule has 0 spiro atoms. The number of aliphatic hydroxyl groups is 3. The Morgan fingerprint density at radius 2 is 2.08 bits per heavy atom. The summed E-state index contributed by atoms with van der Waals surface area (Å²) < 4.78 is 10.1. The van der Waals surface area contributed by atoms with Gasteiger partial charge in [-0.15, -0.1) is 6.58 Å². The van der Waals surface area contributed by atoms with Gasteiger partial charge in [0.25, 0.3) is 0 Å². The smallest absolute Gasteiger partial charge is 0.337 e. The molecule has 0 aliphatic carbocycles. The lowest BCUT2D eigenvalue weighted by molar-refractivity contribution is -0.170. The number of carbonyl (C=O) groups is 1. The maximum atomic E-state index is 11.9. The van der Waals surface area contributed by atoms with Gasteiger partial charge in [-0.3, -0.25) is 0 Å². The van der Waals surface area contributed by atoms with Gasteiger partial charge in [0, 0.05) is 11.3 Å². The summed E-state index contributed by atoms with van der Waals surface area (Å²) in [6, 6.07) is 0. The van der Waals surface area contributed by atoms with E-state index in [4.69, 9.17) is 15.0 Å². The van der Waals surface area contributed by atoms with E-state index >= 15 is 0 Å². The fourth-order valence-electron chi connectivity index (χ4n) is 2.37. The number of nitrogens with zero attached hydrogens (tertiary/aromatic N) is 3. The molecule has 0 bridgehead atoms. The van der Waals surface area contributed by atoms with Crippen LogP contribution in [-0.2, 0) is 14.3 Å². The summed E-state index contributed by atoms with van der Waals surface area (Å²) in [5, 5.41) is 33.1. The highest BCUT2D eigenvalue weighted by atomic mass is 16.6. The molecule has 0 heterocycles. The number of aliphatic hydroxyl groups excluding tert-OH is 3. The van der Waals surface area contributed by atoms with Crippen molar-refractivity contribution in [1.29, 1.82) is 0 Å². The first-order valence-corrected chi connectivity index (χ1v) is 7.60. The van der Waals surface area contributed by atoms with Crippen molar-refractivity contribution in [3.8, 4) is 0 Å². The SMILES string of the molecule is C=CCOC(C)(CC(O)CC(C)[C@H](O)C(O)CN=[N+]=[N-])C(=O)OC. The van der Waals surface area contributed by atoms with Crippen LogP contribution >= 0.6 is 0 Å². The topological polar surface area (TPSA) is 145 Å². The van der Waals surface area contributed by atoms with Crippen LogP contribution in [0, 0.1) is 5.92 Å². The van der Waals surface area contributed by atoms with Crippen LogP contribution in [0.2, 0.25) is 0 Å². The summed E-state index contributed by atoms with van der Waals surface area (Å²) in [5.74, 6) is -1.12. The van der Waals surface area contributed by atoms with Crippen LogP contribution in [0.1, 0.15) is 26.7 Å². The van der Waals surface area contributed by atoms with E-state index in [2.05, 4.69) is 16.6 Å². The maximum absolute atomic E-state index is 11.9. The maximum Gasteiger partial charge on any atom is 0.337 e. The molecule has 9 heteroatoms. The molecule has 0 fully saturated rings. The van der Waals surface area contributed by atoms with Gasteiger partial charge < -0.3 is 24.8 Å². The number of esters is 1. The average molecular weight is 345 g/mol. The van der Waals surface area contributed by atoms with Crippen molar-refractivity contribution in [3.05, 3.63) is 23.1 Å². The highest BCUT2D eigenvalue weighted by molar-refractivity contribution is 5.79. The Morgan fingerprint density at radius 1 is 1.46 bits per heavy atom. The molecule has 0 aromatic rings. The second kappa shape index (κ2) is 11.0. The molecule has 0 saturated heterocycles. The number of azide groups is 1. The fourth-order valence-corrected chi connectivity index (χ4v) is 2.37. The van der Waals surface area contributed by atoms with Crippen molar-refractivity contribution in [3.63, 3.8) is 0 Å². The van der Waals surface area contributed by atoms with Crippen LogP contribution in [0.3, 0.4) is 0 Å². The van der Waals surface area contributed by atoms with Crippen molar-refractivity contribution in [2.45, 2.75) is 50.6 Å². The first kappa shape index (κ1) is 22.4. The van der Waals surface area contributed by atoms with Gasteiger partial charge in [0.15, 0.2) is 5.60 Å². The Balaban J connectivity index is 4.76. The van der Waals surface area contributed by atoms with Gasteiger partial charge >= 0.3 is 5.97 Å². The van der Waals surface area contributed by atoms with E-state index in [0.717, 1.165) is 0 Å². The highest BCUT2D eigenvalue weighted by Gasteiger charge is 2.38. The molecule has 0 amide bonds. The third kappa shape index (κ3) is 7.29. The van der Waals surface area contributed by atoms with Crippen LogP contribution in [0.5, 0.6) is 0 Å². The molecule has 0 saturated carbocycles. The summed E-state index contributed by atoms with van der Waals surface area (Å²) in [6.07, 6.45) is -1.84. The molecule has 4 unspecified atom stereocenters. The van der Waals surface area contributed by atoms with Gasteiger partial charge in [-0.05, 0) is 24.8 Å². The third-order valence-corrected chi connectivity index (χ3v) is 3.72. The predicted octanol–water partition coefficient (Wildman–Crippen LogP) is 0.930. The quantitative estimate of drug-likeness (QED) is 0.158. The first-order valence-electron chi connectivity index (χ1n) is 7.60. The van der Waals surface area contributed by atoms with Crippen molar-refractivity contribution < 1.29 is 29.6 Å². The average Bonchev–Trinajstić information content (AvgIpc) is 2.55. The Kier molecular flexibility index (Phi) is 10.3. The zero-order chi connectivity index (χ0) is 18.8. The Hall–Kier alpha value is -1.64. The van der Waals surface area contributed by atoms with E-state index in [0.29, 0.717) is 0 Å². The molecule has 0 aromatic heterocycles. The van der Waals surface area contributed by atoms with Crippen molar-refractivity contribution in [2.24, 2.45) is 11.0 Å². The number of carbonyl (C=O) groups excluding carboxylic acids is 1. The molecule has 9 nitrogen and oxygen atoms in total. The van der Waals surface area contributed by atoms with Crippen LogP contribution < -0.4 is 0 Å². The molecule has 5 atom stereocenters. The molecule has 24 heavy (non-hydrogen) atoms. The molecule has 138 valence electrons. The lowest BCUT2D eigenvalue weighted by atomic mass is 9.88. The molecule has 0 aliphatic heterocycles. The van der Waals surface area contributed by atoms with Crippen LogP contribution in [0.4, 0.5) is 0 Å². The summed E-state index contributed by atoms with van der Waals surface area (Å²) in [5.41, 5.74) is 6.87. The van der Waals surface area contributed by atoms with Gasteiger partial charge in [0.05, 0.1) is 38.6 Å². The molecular weight excluding hydrogens is 318 g/mol. The summed E-state index contributed by atoms with van der Waals surface area (Å²) in [6.45, 7) is 6.49. The van der Waals surface area contributed by atoms with Crippen molar-refractivity contribution in [2.75, 3.05) is 20.3 Å². The number of hydrogen-bond acceptors (Lipinski definition) is 7.